The number of aliphatic hydroxyl groups excluding tert-OH is 1. The third-order valence-corrected chi connectivity index (χ3v) is 5.59. The predicted octanol–water partition coefficient (Wildman–Crippen LogP) is -1.45. The van der Waals surface area contributed by atoms with Gasteiger partial charge in [-0.3, -0.25) is 14.4 Å². The number of hydrogen-bond donors (Lipinski definition) is 8. The van der Waals surface area contributed by atoms with Gasteiger partial charge in [-0.2, -0.15) is 0 Å². The molecule has 0 radical (unpaired) electrons. The van der Waals surface area contributed by atoms with E-state index in [0.717, 1.165) is 16.5 Å². The Morgan fingerprint density at radius 1 is 1.03 bits per heavy atom. The molecule has 4 atom stereocenters. The number of H-pyrrole nitrogens is 2. The lowest BCUT2D eigenvalue weighted by atomic mass is 10.0. The molecule has 2 aromatic heterocycles. The van der Waals surface area contributed by atoms with Crippen molar-refractivity contribution < 1.29 is 29.4 Å². The second-order valence-corrected chi connectivity index (χ2v) is 8.30. The van der Waals surface area contributed by atoms with Crippen molar-refractivity contribution in [1.82, 2.24) is 30.9 Å². The van der Waals surface area contributed by atoms with Crippen LogP contribution in [0.15, 0.2) is 43.0 Å². The lowest BCUT2D eigenvalue weighted by Gasteiger charge is -2.26. The fourth-order valence-electron chi connectivity index (χ4n) is 3.72. The summed E-state index contributed by atoms with van der Waals surface area (Å²) in [5.41, 5.74) is 7.46. The first-order chi connectivity index (χ1) is 17.2. The Hall–Kier alpha value is -4.23. The molecule has 2 heterocycles. The molecule has 0 aliphatic heterocycles. The van der Waals surface area contributed by atoms with Crippen molar-refractivity contribution >= 4 is 34.6 Å². The minimum absolute atomic E-state index is 0.0767. The summed E-state index contributed by atoms with van der Waals surface area (Å²) in [6.07, 6.45) is 3.13. The van der Waals surface area contributed by atoms with Crippen LogP contribution in [0.3, 0.4) is 0 Å². The van der Waals surface area contributed by atoms with Gasteiger partial charge in [-0.25, -0.2) is 9.78 Å². The number of aliphatic carboxylic acids is 1. The van der Waals surface area contributed by atoms with Crippen LogP contribution >= 0.6 is 0 Å². The van der Waals surface area contributed by atoms with E-state index in [1.807, 2.05) is 24.3 Å². The number of aliphatic hydroxyl groups is 1. The molecule has 0 spiro atoms. The number of aromatic nitrogens is 3. The number of para-hydroxylation sites is 1. The standard InChI is InChI=1S/C23H29N7O6/c1-12(31)20(22(34)29-18(23(35)36)7-14-10-25-11-27-14)30-21(33)17(28-19(32)8-24)6-13-9-26-16-5-3-2-4-15(13)16/h2-5,9-12,17-18,20,26,31H,6-8,24H2,1H3,(H,25,27)(H,28,32)(H,29,34)(H,30,33)(H,35,36). The van der Waals surface area contributed by atoms with Crippen molar-refractivity contribution in [3.63, 3.8) is 0 Å². The maximum Gasteiger partial charge on any atom is 0.326 e. The molecule has 0 bridgehead atoms. The van der Waals surface area contributed by atoms with Gasteiger partial charge in [0.1, 0.15) is 18.1 Å². The number of nitrogens with one attached hydrogen (secondary N) is 5. The Morgan fingerprint density at radius 3 is 2.42 bits per heavy atom. The number of carboxylic acid groups (broad SMARTS) is 1. The van der Waals surface area contributed by atoms with E-state index in [1.54, 1.807) is 6.20 Å². The first-order valence-electron chi connectivity index (χ1n) is 11.2. The third-order valence-electron chi connectivity index (χ3n) is 5.59. The molecule has 0 saturated heterocycles. The molecule has 0 fully saturated rings. The smallest absolute Gasteiger partial charge is 0.326 e. The summed E-state index contributed by atoms with van der Waals surface area (Å²) in [6.45, 7) is 0.925. The number of carbonyl (C=O) groups excluding carboxylic acids is 3. The molecular formula is C23H29N7O6. The SMILES string of the molecule is CC(O)C(NC(=O)C(Cc1c[nH]c2ccccc12)NC(=O)CN)C(=O)NC(Cc1cnc[nH]1)C(=O)O. The zero-order chi connectivity index (χ0) is 26.2. The van der Waals surface area contributed by atoms with Crippen molar-refractivity contribution in [3.05, 3.63) is 54.2 Å². The fourth-order valence-corrected chi connectivity index (χ4v) is 3.72. The largest absolute Gasteiger partial charge is 0.480 e. The molecule has 36 heavy (non-hydrogen) atoms. The molecule has 1 aromatic carbocycles. The number of nitrogens with two attached hydrogens (primary N) is 1. The number of benzene rings is 1. The van der Waals surface area contributed by atoms with Gasteiger partial charge in [0.25, 0.3) is 0 Å². The predicted molar refractivity (Wildman–Crippen MR) is 128 cm³/mol. The Morgan fingerprint density at radius 2 is 1.78 bits per heavy atom. The Labute approximate surface area is 205 Å². The van der Waals surface area contributed by atoms with Gasteiger partial charge in [-0.15, -0.1) is 0 Å². The molecule has 192 valence electrons. The topological polar surface area (TPSA) is 215 Å². The molecule has 0 aliphatic carbocycles. The maximum absolute atomic E-state index is 13.2. The van der Waals surface area contributed by atoms with Crippen molar-refractivity contribution in [2.24, 2.45) is 5.73 Å². The Balaban J connectivity index is 1.76. The highest BCUT2D eigenvalue weighted by Crippen LogP contribution is 2.19. The molecule has 3 rings (SSSR count). The summed E-state index contributed by atoms with van der Waals surface area (Å²) in [6, 6.07) is 3.47. The summed E-state index contributed by atoms with van der Waals surface area (Å²) in [4.78, 5) is 59.4. The average Bonchev–Trinajstić information content (AvgIpc) is 3.51. The van der Waals surface area contributed by atoms with E-state index >= 15 is 0 Å². The number of imidazole rings is 1. The second-order valence-electron chi connectivity index (χ2n) is 8.30. The second kappa shape index (κ2) is 12.0. The molecule has 0 saturated carbocycles. The number of aromatic amines is 2. The first kappa shape index (κ1) is 26.4. The average molecular weight is 500 g/mol. The number of nitrogens with zero attached hydrogens (tertiary/aromatic N) is 1. The van der Waals surface area contributed by atoms with Crippen LogP contribution in [-0.4, -0.2) is 79.6 Å². The van der Waals surface area contributed by atoms with E-state index < -0.39 is 47.9 Å². The van der Waals surface area contributed by atoms with Crippen LogP contribution in [0.4, 0.5) is 0 Å². The zero-order valence-corrected chi connectivity index (χ0v) is 19.5. The number of fused-ring (bicyclic) bond motifs is 1. The summed E-state index contributed by atoms with van der Waals surface area (Å²) in [5.74, 6) is -3.54. The van der Waals surface area contributed by atoms with Crippen LogP contribution in [0.1, 0.15) is 18.2 Å². The van der Waals surface area contributed by atoms with Crippen LogP contribution in [-0.2, 0) is 32.0 Å². The molecule has 4 unspecified atom stereocenters. The minimum Gasteiger partial charge on any atom is -0.480 e. The normalized spacial score (nSPS) is 14.4. The fraction of sp³-hybridized carbons (Fsp3) is 0.348. The van der Waals surface area contributed by atoms with E-state index in [-0.39, 0.29) is 19.4 Å². The van der Waals surface area contributed by atoms with Gasteiger partial charge < -0.3 is 41.9 Å². The number of carboxylic acids is 1. The van der Waals surface area contributed by atoms with Crippen molar-refractivity contribution in [2.75, 3.05) is 6.54 Å². The molecule has 13 heteroatoms. The lowest BCUT2D eigenvalue weighted by Crippen LogP contribution is -2.59. The van der Waals surface area contributed by atoms with Crippen LogP contribution in [0.5, 0.6) is 0 Å². The van der Waals surface area contributed by atoms with E-state index in [9.17, 15) is 29.4 Å². The van der Waals surface area contributed by atoms with Gasteiger partial charge in [0.15, 0.2) is 0 Å². The van der Waals surface area contributed by atoms with Gasteiger partial charge in [-0.05, 0) is 18.6 Å². The van der Waals surface area contributed by atoms with Gasteiger partial charge in [-0.1, -0.05) is 18.2 Å². The van der Waals surface area contributed by atoms with Crippen LogP contribution in [0.25, 0.3) is 10.9 Å². The highest BCUT2D eigenvalue weighted by molar-refractivity contribution is 5.94. The lowest BCUT2D eigenvalue weighted by molar-refractivity contribution is -0.143. The summed E-state index contributed by atoms with van der Waals surface area (Å²) < 4.78 is 0. The van der Waals surface area contributed by atoms with Gasteiger partial charge >= 0.3 is 5.97 Å². The van der Waals surface area contributed by atoms with Crippen molar-refractivity contribution in [3.8, 4) is 0 Å². The van der Waals surface area contributed by atoms with E-state index in [0.29, 0.717) is 5.69 Å². The molecule has 0 aliphatic rings. The molecule has 3 aromatic rings. The molecule has 3 amide bonds. The number of amides is 3. The highest BCUT2D eigenvalue weighted by atomic mass is 16.4. The monoisotopic (exact) mass is 499 g/mol. The van der Waals surface area contributed by atoms with E-state index in [4.69, 9.17) is 5.73 Å². The van der Waals surface area contributed by atoms with Gasteiger partial charge in [0.2, 0.25) is 17.7 Å². The van der Waals surface area contributed by atoms with Gasteiger partial charge in [0.05, 0.1) is 19.0 Å². The van der Waals surface area contributed by atoms with E-state index in [1.165, 1.54) is 19.4 Å². The summed E-state index contributed by atoms with van der Waals surface area (Å²) >= 11 is 0. The number of hydrogen-bond acceptors (Lipinski definition) is 7. The zero-order valence-electron chi connectivity index (χ0n) is 19.5. The third kappa shape index (κ3) is 6.67. The maximum atomic E-state index is 13.2. The highest BCUT2D eigenvalue weighted by Gasteiger charge is 2.32. The van der Waals surface area contributed by atoms with Crippen LogP contribution < -0.4 is 21.7 Å². The number of rotatable bonds is 12. The quantitative estimate of drug-likeness (QED) is 0.147. The molecular weight excluding hydrogens is 470 g/mol. The van der Waals surface area contributed by atoms with Crippen molar-refractivity contribution in [1.29, 1.82) is 0 Å². The van der Waals surface area contributed by atoms with Crippen LogP contribution in [0.2, 0.25) is 0 Å². The summed E-state index contributed by atoms with van der Waals surface area (Å²) in [5, 5.41) is 27.8. The minimum atomic E-state index is -1.48. The summed E-state index contributed by atoms with van der Waals surface area (Å²) in [7, 11) is 0. The Kier molecular flexibility index (Phi) is 8.76. The first-order valence-corrected chi connectivity index (χ1v) is 11.2. The molecule has 9 N–H and O–H groups in total. The number of carbonyl (C=O) groups is 4. The van der Waals surface area contributed by atoms with E-state index in [2.05, 4.69) is 30.9 Å². The van der Waals surface area contributed by atoms with Crippen molar-refractivity contribution in [2.45, 2.75) is 44.0 Å². The molecule has 13 nitrogen and oxygen atoms in total. The van der Waals surface area contributed by atoms with Gasteiger partial charge in [0, 0.05) is 41.8 Å². The Bertz CT molecular complexity index is 1210. The van der Waals surface area contributed by atoms with Crippen LogP contribution in [0, 0.1) is 0 Å².